The SMILES string of the molecule is COS(=O)(=O)CC(C)(C)NC(=O)CCC(CCCOC(C)(C)C(C)(C)C(=O)CCCCOC(C)(C)C)C(=O)C(C)(C)C. The highest BCUT2D eigenvalue weighted by Gasteiger charge is 2.43. The second kappa shape index (κ2) is 16.1. The zero-order chi connectivity index (χ0) is 33.2. The fourth-order valence-corrected chi connectivity index (χ4v) is 5.63. The van der Waals surface area contributed by atoms with Crippen LogP contribution < -0.4 is 5.32 Å². The summed E-state index contributed by atoms with van der Waals surface area (Å²) >= 11 is 0. The minimum absolute atomic E-state index is 0.0710. The minimum Gasteiger partial charge on any atom is -0.376 e. The van der Waals surface area contributed by atoms with Gasteiger partial charge in [-0.15, -0.1) is 0 Å². The number of hydrogen-bond donors (Lipinski definition) is 1. The van der Waals surface area contributed by atoms with E-state index in [4.69, 9.17) is 9.47 Å². The highest BCUT2D eigenvalue weighted by atomic mass is 32.2. The average molecular weight is 620 g/mol. The van der Waals surface area contributed by atoms with Gasteiger partial charge in [0, 0.05) is 37.4 Å². The molecule has 0 spiro atoms. The second-order valence-corrected chi connectivity index (χ2v) is 16.9. The molecule has 42 heavy (non-hydrogen) atoms. The zero-order valence-electron chi connectivity index (χ0n) is 28.8. The van der Waals surface area contributed by atoms with Crippen molar-refractivity contribution in [1.29, 1.82) is 0 Å². The Bertz CT molecular complexity index is 985. The van der Waals surface area contributed by atoms with Crippen molar-refractivity contribution in [3.8, 4) is 0 Å². The molecular weight excluding hydrogens is 558 g/mol. The van der Waals surface area contributed by atoms with Crippen molar-refractivity contribution in [3.05, 3.63) is 0 Å². The molecule has 1 atom stereocenters. The van der Waals surface area contributed by atoms with Crippen molar-refractivity contribution in [2.75, 3.05) is 26.1 Å². The largest absolute Gasteiger partial charge is 0.376 e. The predicted octanol–water partition coefficient (Wildman–Crippen LogP) is 6.03. The fraction of sp³-hybridized carbons (Fsp3) is 0.906. The third-order valence-corrected chi connectivity index (χ3v) is 9.38. The molecule has 1 amide bonds. The Morgan fingerprint density at radius 1 is 0.738 bits per heavy atom. The van der Waals surface area contributed by atoms with Gasteiger partial charge < -0.3 is 14.8 Å². The summed E-state index contributed by atoms with van der Waals surface area (Å²) in [7, 11) is -2.66. The van der Waals surface area contributed by atoms with Crippen LogP contribution in [0.5, 0.6) is 0 Å². The highest BCUT2D eigenvalue weighted by Crippen LogP contribution is 2.37. The Balaban J connectivity index is 5.05. The standard InChI is InChI=1S/C32H61NO8S/c1-28(2,3)27(36)24(19-20-26(35)33-30(7,8)23-42(37,38)39-13)17-16-22-41-32(11,12)31(9,10)25(34)18-14-15-21-40-29(4,5)6/h24H,14-23H2,1-13H3,(H,33,35). The van der Waals surface area contributed by atoms with Crippen molar-refractivity contribution in [1.82, 2.24) is 5.32 Å². The summed E-state index contributed by atoms with van der Waals surface area (Å²) in [6.45, 7) is 23.6. The van der Waals surface area contributed by atoms with Crippen LogP contribution in [-0.2, 0) is 38.2 Å². The summed E-state index contributed by atoms with van der Waals surface area (Å²) in [4.78, 5) is 39.0. The monoisotopic (exact) mass is 619 g/mol. The molecule has 9 nitrogen and oxygen atoms in total. The Morgan fingerprint density at radius 3 is 1.79 bits per heavy atom. The van der Waals surface area contributed by atoms with Crippen LogP contribution >= 0.6 is 0 Å². The molecule has 0 heterocycles. The van der Waals surface area contributed by atoms with Crippen LogP contribution in [0.15, 0.2) is 0 Å². The first-order valence-electron chi connectivity index (χ1n) is 15.2. The number of nitrogens with one attached hydrogen (secondary N) is 1. The average Bonchev–Trinajstić information content (AvgIpc) is 2.80. The van der Waals surface area contributed by atoms with Gasteiger partial charge in [-0.25, -0.2) is 0 Å². The Hall–Kier alpha value is -1.36. The highest BCUT2D eigenvalue weighted by molar-refractivity contribution is 7.86. The van der Waals surface area contributed by atoms with Crippen LogP contribution in [0.2, 0.25) is 0 Å². The smallest absolute Gasteiger partial charge is 0.269 e. The first-order valence-corrected chi connectivity index (χ1v) is 16.8. The van der Waals surface area contributed by atoms with Gasteiger partial charge in [0.1, 0.15) is 11.6 Å². The number of carbonyl (C=O) groups excluding carboxylic acids is 3. The van der Waals surface area contributed by atoms with E-state index in [1.165, 1.54) is 0 Å². The summed E-state index contributed by atoms with van der Waals surface area (Å²) in [6.07, 6.45) is 3.64. The maximum Gasteiger partial charge on any atom is 0.269 e. The third-order valence-electron chi connectivity index (χ3n) is 7.79. The first-order chi connectivity index (χ1) is 18.8. The fourth-order valence-electron chi connectivity index (χ4n) is 4.55. The number of amides is 1. The molecule has 1 N–H and O–H groups in total. The number of carbonyl (C=O) groups is 3. The molecule has 10 heteroatoms. The van der Waals surface area contributed by atoms with E-state index in [1.54, 1.807) is 13.8 Å². The van der Waals surface area contributed by atoms with Crippen molar-refractivity contribution in [3.63, 3.8) is 0 Å². The van der Waals surface area contributed by atoms with Crippen LogP contribution in [0, 0.1) is 16.7 Å². The quantitative estimate of drug-likeness (QED) is 0.129. The van der Waals surface area contributed by atoms with Crippen molar-refractivity contribution < 1.29 is 36.5 Å². The minimum atomic E-state index is -3.75. The van der Waals surface area contributed by atoms with Gasteiger partial charge in [-0.2, -0.15) is 8.42 Å². The molecule has 248 valence electrons. The van der Waals surface area contributed by atoms with Crippen molar-refractivity contribution in [2.45, 2.75) is 145 Å². The number of ether oxygens (including phenoxy) is 2. The number of Topliss-reactive ketones (excluding diaryl/α,β-unsaturated/α-hetero) is 2. The number of ketones is 2. The van der Waals surface area contributed by atoms with E-state index in [9.17, 15) is 22.8 Å². The predicted molar refractivity (Wildman–Crippen MR) is 168 cm³/mol. The molecule has 0 fully saturated rings. The molecule has 1 unspecified atom stereocenters. The lowest BCUT2D eigenvalue weighted by Gasteiger charge is -2.40. The van der Waals surface area contributed by atoms with Crippen LogP contribution in [0.4, 0.5) is 0 Å². The van der Waals surface area contributed by atoms with Crippen LogP contribution in [0.1, 0.15) is 128 Å². The van der Waals surface area contributed by atoms with Crippen LogP contribution in [0.3, 0.4) is 0 Å². The maximum absolute atomic E-state index is 13.2. The molecule has 0 aromatic carbocycles. The van der Waals surface area contributed by atoms with E-state index in [1.807, 2.05) is 69.2 Å². The van der Waals surface area contributed by atoms with Crippen molar-refractivity contribution >= 4 is 27.6 Å². The second-order valence-electron chi connectivity index (χ2n) is 15.1. The molecule has 0 aromatic rings. The van der Waals surface area contributed by atoms with E-state index in [-0.39, 0.29) is 41.2 Å². The molecule has 0 radical (unpaired) electrons. The molecule has 0 aliphatic carbocycles. The lowest BCUT2D eigenvalue weighted by molar-refractivity contribution is -0.149. The Labute approximate surface area is 256 Å². The molecule has 0 aliphatic rings. The van der Waals surface area contributed by atoms with Gasteiger partial charge in [-0.3, -0.25) is 18.6 Å². The molecule has 0 saturated carbocycles. The summed E-state index contributed by atoms with van der Waals surface area (Å²) in [5, 5.41) is 2.75. The molecule has 0 bridgehead atoms. The first kappa shape index (κ1) is 40.6. The summed E-state index contributed by atoms with van der Waals surface area (Å²) in [5.41, 5.74) is -3.17. The molecule has 0 saturated heterocycles. The van der Waals surface area contributed by atoms with E-state index in [0.717, 1.165) is 20.0 Å². The van der Waals surface area contributed by atoms with E-state index < -0.39 is 32.1 Å². The summed E-state index contributed by atoms with van der Waals surface area (Å²) in [6, 6.07) is 0. The van der Waals surface area contributed by atoms with Crippen molar-refractivity contribution in [2.24, 2.45) is 16.7 Å². The van der Waals surface area contributed by atoms with Gasteiger partial charge in [0.25, 0.3) is 10.1 Å². The lowest BCUT2D eigenvalue weighted by atomic mass is 9.72. The summed E-state index contributed by atoms with van der Waals surface area (Å²) < 4.78 is 40.2. The number of unbranched alkanes of at least 4 members (excludes halogenated alkanes) is 1. The van der Waals surface area contributed by atoms with E-state index in [2.05, 4.69) is 9.50 Å². The molecular formula is C32H61NO8S. The van der Waals surface area contributed by atoms with Gasteiger partial charge >= 0.3 is 0 Å². The van der Waals surface area contributed by atoms with Crippen LogP contribution in [-0.4, -0.2) is 68.7 Å². The van der Waals surface area contributed by atoms with Gasteiger partial charge in [-0.1, -0.05) is 34.6 Å². The van der Waals surface area contributed by atoms with Gasteiger partial charge in [0.05, 0.1) is 35.0 Å². The molecule has 0 rings (SSSR count). The molecule has 0 aromatic heterocycles. The normalized spacial score (nSPS) is 14.5. The zero-order valence-corrected chi connectivity index (χ0v) is 29.6. The maximum atomic E-state index is 13.2. The van der Waals surface area contributed by atoms with Gasteiger partial charge in [0.15, 0.2) is 0 Å². The van der Waals surface area contributed by atoms with Gasteiger partial charge in [-0.05, 0) is 80.6 Å². The Morgan fingerprint density at radius 2 is 1.29 bits per heavy atom. The summed E-state index contributed by atoms with van der Waals surface area (Å²) in [5.74, 6) is -0.804. The third kappa shape index (κ3) is 15.4. The number of rotatable bonds is 20. The van der Waals surface area contributed by atoms with E-state index >= 15 is 0 Å². The van der Waals surface area contributed by atoms with Gasteiger partial charge in [0.2, 0.25) is 5.91 Å². The van der Waals surface area contributed by atoms with E-state index in [0.29, 0.717) is 38.9 Å². The number of hydrogen-bond acceptors (Lipinski definition) is 8. The lowest BCUT2D eigenvalue weighted by Crippen LogP contribution is -2.48. The molecule has 0 aliphatic heterocycles. The van der Waals surface area contributed by atoms with Crippen LogP contribution in [0.25, 0.3) is 0 Å². The topological polar surface area (TPSA) is 125 Å². The Kier molecular flexibility index (Phi) is 15.6.